The van der Waals surface area contributed by atoms with Gasteiger partial charge in [0.25, 0.3) is 0 Å². The molecule has 1 aromatic heterocycles. The normalized spacial score (nSPS) is 12.5. The number of nitrogens with two attached hydrogens (primary N) is 1. The molecule has 3 N–H and O–H groups in total. The van der Waals surface area contributed by atoms with Crippen LogP contribution in [0.25, 0.3) is 0 Å². The first-order chi connectivity index (χ1) is 15.6. The first-order valence-electron chi connectivity index (χ1n) is 9.78. The number of amides is 1. The summed E-state index contributed by atoms with van der Waals surface area (Å²) in [6.45, 7) is 0.256. The minimum atomic E-state index is -3.55. The van der Waals surface area contributed by atoms with E-state index in [0.717, 1.165) is 17.5 Å². The molecule has 0 fully saturated rings. The van der Waals surface area contributed by atoms with Crippen LogP contribution in [0.1, 0.15) is 22.5 Å². The molecule has 0 radical (unpaired) electrons. The molecule has 0 bridgehead atoms. The third-order valence-corrected chi connectivity index (χ3v) is 5.80. The van der Waals surface area contributed by atoms with Crippen LogP contribution in [-0.4, -0.2) is 37.2 Å². The lowest BCUT2D eigenvalue weighted by Gasteiger charge is -2.13. The summed E-state index contributed by atoms with van der Waals surface area (Å²) in [6.07, 6.45) is 3.16. The summed E-state index contributed by atoms with van der Waals surface area (Å²) >= 11 is 0. The van der Waals surface area contributed by atoms with Crippen LogP contribution in [0.5, 0.6) is 0 Å². The van der Waals surface area contributed by atoms with Gasteiger partial charge in [-0.05, 0) is 29.3 Å². The highest BCUT2D eigenvalue weighted by atomic mass is 32.2. The third kappa shape index (κ3) is 7.41. The number of rotatable bonds is 10. The summed E-state index contributed by atoms with van der Waals surface area (Å²) in [6, 6.07) is 14.4. The minimum absolute atomic E-state index is 0.00558. The molecular formula is C21H24N5O5S2-. The molecule has 2 aromatic carbocycles. The smallest absolute Gasteiger partial charge is 0.229 e. The number of primary amides is 1. The summed E-state index contributed by atoms with van der Waals surface area (Å²) < 4.78 is 47.9. The highest BCUT2D eigenvalue weighted by molar-refractivity contribution is 7.92. The Morgan fingerprint density at radius 1 is 1.21 bits per heavy atom. The van der Waals surface area contributed by atoms with Gasteiger partial charge < -0.3 is 23.1 Å². The first-order valence-corrected chi connectivity index (χ1v) is 12.7. The van der Waals surface area contributed by atoms with E-state index < -0.39 is 26.8 Å². The zero-order valence-corrected chi connectivity index (χ0v) is 19.7. The van der Waals surface area contributed by atoms with E-state index in [2.05, 4.69) is 18.3 Å². The van der Waals surface area contributed by atoms with Crippen molar-refractivity contribution in [2.75, 3.05) is 18.1 Å². The van der Waals surface area contributed by atoms with Crippen molar-refractivity contribution in [3.63, 3.8) is 0 Å². The van der Waals surface area contributed by atoms with E-state index in [-0.39, 0.29) is 24.3 Å². The zero-order valence-electron chi connectivity index (χ0n) is 18.1. The first kappa shape index (κ1) is 24.4. The lowest BCUT2D eigenvalue weighted by atomic mass is 10.1. The molecule has 0 spiro atoms. The topological polar surface area (TPSA) is 146 Å². The van der Waals surface area contributed by atoms with Crippen molar-refractivity contribution in [1.82, 2.24) is 9.55 Å². The second-order valence-corrected chi connectivity index (χ2v) is 10.0. The van der Waals surface area contributed by atoms with Crippen LogP contribution < -0.4 is 10.5 Å². The fourth-order valence-electron chi connectivity index (χ4n) is 3.30. The number of sulfonamides is 1. The number of imidazole rings is 1. The van der Waals surface area contributed by atoms with Gasteiger partial charge in [-0.3, -0.25) is 9.52 Å². The van der Waals surface area contributed by atoms with E-state index >= 15 is 0 Å². The van der Waals surface area contributed by atoms with Gasteiger partial charge in [0, 0.05) is 25.8 Å². The van der Waals surface area contributed by atoms with Gasteiger partial charge in [-0.2, -0.15) is 0 Å². The molecule has 3 rings (SSSR count). The maximum absolute atomic E-state index is 11.7. The second-order valence-electron chi connectivity index (χ2n) is 7.31. The number of benzene rings is 2. The molecule has 1 amide bonds. The van der Waals surface area contributed by atoms with Crippen molar-refractivity contribution >= 4 is 38.2 Å². The van der Waals surface area contributed by atoms with Crippen LogP contribution in [0.2, 0.25) is 0 Å². The van der Waals surface area contributed by atoms with Crippen molar-refractivity contribution in [3.8, 4) is 0 Å². The number of carbonyl (C=O) groups excluding carboxylic acids is 1. The summed E-state index contributed by atoms with van der Waals surface area (Å²) in [5.74, 6) is -0.496. The fraction of sp³-hybridized carbons (Fsp3) is 0.238. The van der Waals surface area contributed by atoms with Crippen molar-refractivity contribution < 1.29 is 21.6 Å². The van der Waals surface area contributed by atoms with Gasteiger partial charge in [-0.1, -0.05) is 41.2 Å². The average Bonchev–Trinajstić information content (AvgIpc) is 3.07. The van der Waals surface area contributed by atoms with Crippen LogP contribution in [0.15, 0.2) is 59.2 Å². The van der Waals surface area contributed by atoms with Gasteiger partial charge in [0.2, 0.25) is 15.9 Å². The Labute approximate surface area is 194 Å². The van der Waals surface area contributed by atoms with Gasteiger partial charge >= 0.3 is 0 Å². The van der Waals surface area contributed by atoms with E-state index in [1.165, 1.54) is 13.2 Å². The Hall–Kier alpha value is -3.22. The van der Waals surface area contributed by atoms with E-state index in [4.69, 9.17) is 5.73 Å². The molecule has 0 atom stereocenters. The number of nitrogens with zero attached hydrogens (tertiary/aromatic N) is 3. The largest absolute Gasteiger partial charge is 0.441 e. The molecular weight excluding hydrogens is 466 g/mol. The summed E-state index contributed by atoms with van der Waals surface area (Å²) in [5.41, 5.74) is 9.05. The lowest BCUT2D eigenvalue weighted by molar-refractivity contribution is -0.117. The predicted molar refractivity (Wildman–Crippen MR) is 126 cm³/mol. The number of nitrogens with one attached hydrogen (secondary N) is 1. The van der Waals surface area contributed by atoms with Crippen molar-refractivity contribution in [1.29, 1.82) is 0 Å². The van der Waals surface area contributed by atoms with E-state index in [1.54, 1.807) is 23.0 Å². The molecule has 0 aliphatic heterocycles. The fourth-order valence-corrected chi connectivity index (χ4v) is 4.20. The second kappa shape index (κ2) is 10.6. The van der Waals surface area contributed by atoms with Crippen molar-refractivity contribution in [2.24, 2.45) is 10.1 Å². The Kier molecular flexibility index (Phi) is 7.84. The van der Waals surface area contributed by atoms with Gasteiger partial charge in [-0.15, -0.1) is 0 Å². The molecule has 0 unspecified atom stereocenters. The number of hydrogen-bond donors (Lipinski definition) is 2. The third-order valence-electron chi connectivity index (χ3n) is 4.55. The molecule has 3 aromatic rings. The molecule has 10 nitrogen and oxygen atoms in total. The summed E-state index contributed by atoms with van der Waals surface area (Å²) in [4.78, 5) is 16.2. The molecule has 0 saturated carbocycles. The highest BCUT2D eigenvalue weighted by Crippen LogP contribution is 2.24. The number of hydrogen-bond acceptors (Lipinski definition) is 8. The molecule has 33 heavy (non-hydrogen) atoms. The quantitative estimate of drug-likeness (QED) is 0.417. The number of carbonyl (C=O) groups is 1. The van der Waals surface area contributed by atoms with Gasteiger partial charge in [-0.25, -0.2) is 13.4 Å². The van der Waals surface area contributed by atoms with E-state index in [9.17, 15) is 17.4 Å². The van der Waals surface area contributed by atoms with E-state index in [0.29, 0.717) is 17.7 Å². The minimum Gasteiger partial charge on any atom is -0.441 e. The molecule has 12 heteroatoms. The maximum Gasteiger partial charge on any atom is 0.229 e. The zero-order chi connectivity index (χ0) is 24.0. The number of anilines is 1. The molecule has 0 saturated heterocycles. The van der Waals surface area contributed by atoms with E-state index in [1.807, 2.05) is 30.3 Å². The lowest BCUT2D eigenvalue weighted by Crippen LogP contribution is -2.18. The number of aromatic nitrogens is 2. The average molecular weight is 491 g/mol. The molecule has 176 valence electrons. The monoisotopic (exact) mass is 490 g/mol. The summed E-state index contributed by atoms with van der Waals surface area (Å²) in [7, 11) is -4.23. The van der Waals surface area contributed by atoms with Gasteiger partial charge in [0.1, 0.15) is 0 Å². The van der Waals surface area contributed by atoms with Crippen LogP contribution >= 0.6 is 0 Å². The van der Waals surface area contributed by atoms with Crippen LogP contribution in [0.4, 0.5) is 11.4 Å². The highest BCUT2D eigenvalue weighted by Gasteiger charge is 2.15. The van der Waals surface area contributed by atoms with Crippen molar-refractivity contribution in [3.05, 3.63) is 77.4 Å². The SMILES string of the molecule is CO[S-](=O)=Nc1cc(Cn2cnc(Cc3ccccc3)c2CC(N)=O)cc(NS(C)(=O)=O)c1. The van der Waals surface area contributed by atoms with Gasteiger partial charge in [0.15, 0.2) is 0 Å². The summed E-state index contributed by atoms with van der Waals surface area (Å²) in [5, 5.41) is 0. The Morgan fingerprint density at radius 2 is 1.94 bits per heavy atom. The Bertz CT molecular complexity index is 1330. The van der Waals surface area contributed by atoms with Crippen LogP contribution in [0, 0.1) is 0 Å². The molecule has 0 aliphatic rings. The van der Waals surface area contributed by atoms with Gasteiger partial charge in [0.05, 0.1) is 36.1 Å². The molecule has 1 heterocycles. The maximum atomic E-state index is 11.7. The van der Waals surface area contributed by atoms with Crippen LogP contribution in [0.3, 0.4) is 0 Å². The standard InChI is InChI=1S/C21H24N5O5S2/c1-31-32(28)24-17-8-16(9-18(11-17)25-33(2,29)30)13-26-14-23-19(20(26)12-21(22)27)10-15-6-4-3-5-7-15/h3-9,11,14,25H,10,12-13H2,1-2H3,(H2,22,27)/q-1. The predicted octanol–water partition coefficient (Wildman–Crippen LogP) is 2.26. The van der Waals surface area contributed by atoms with Crippen LogP contribution in [-0.2, 0) is 53.5 Å². The Balaban J connectivity index is 2.00. The van der Waals surface area contributed by atoms with Crippen molar-refractivity contribution in [2.45, 2.75) is 19.4 Å². The Morgan fingerprint density at radius 3 is 2.58 bits per heavy atom. The molecule has 0 aliphatic carbocycles.